The van der Waals surface area contributed by atoms with Crippen molar-refractivity contribution in [2.24, 2.45) is 0 Å². The summed E-state index contributed by atoms with van der Waals surface area (Å²) in [6.45, 7) is 11.9. The first-order valence-electron chi connectivity index (χ1n) is 7.47. The topological polar surface area (TPSA) is 34.1 Å². The first kappa shape index (κ1) is 17.4. The van der Waals surface area contributed by atoms with Crippen molar-refractivity contribution in [3.05, 3.63) is 47.5 Å². The maximum atomic E-state index is 12.3. The highest BCUT2D eigenvalue weighted by Gasteiger charge is 2.32. The Labute approximate surface area is 128 Å². The number of aryl methyl sites for hydroxylation is 2. The van der Waals surface area contributed by atoms with Gasteiger partial charge in [-0.15, -0.1) is 0 Å². The van der Waals surface area contributed by atoms with Crippen LogP contribution in [0.25, 0.3) is 11.1 Å². The smallest absolute Gasteiger partial charge is 0.207 e. The van der Waals surface area contributed by atoms with E-state index in [-0.39, 0.29) is 0 Å². The van der Waals surface area contributed by atoms with Crippen LogP contribution in [0.5, 0.6) is 0 Å². The van der Waals surface area contributed by atoms with E-state index >= 15 is 0 Å². The van der Waals surface area contributed by atoms with E-state index in [9.17, 15) is 8.42 Å². The molecule has 3 heteroatoms. The van der Waals surface area contributed by atoms with Gasteiger partial charge in [-0.2, -0.15) is 0 Å². The van der Waals surface area contributed by atoms with E-state index in [0.29, 0.717) is 9.79 Å². The molecule has 0 spiro atoms. The van der Waals surface area contributed by atoms with E-state index in [2.05, 4.69) is 0 Å². The highest BCUT2D eigenvalue weighted by atomic mass is 32.2. The Morgan fingerprint density at radius 2 is 1.24 bits per heavy atom. The second-order valence-electron chi connectivity index (χ2n) is 4.43. The van der Waals surface area contributed by atoms with Gasteiger partial charge >= 0.3 is 0 Å². The molecule has 0 N–H and O–H groups in total. The van der Waals surface area contributed by atoms with Crippen LogP contribution in [-0.4, -0.2) is 8.42 Å². The fourth-order valence-corrected chi connectivity index (χ4v) is 4.02. The number of sulfone groups is 1. The summed E-state index contributed by atoms with van der Waals surface area (Å²) in [6, 6.07) is 10.9. The summed E-state index contributed by atoms with van der Waals surface area (Å²) in [5.74, 6) is 0. The van der Waals surface area contributed by atoms with Gasteiger partial charge in [0.1, 0.15) is 0 Å². The SMILES string of the molecule is CC.CC.Cc1cc2c(cc1C)S(=O)(=O)c1ccccc1-2. The van der Waals surface area contributed by atoms with Crippen molar-refractivity contribution in [1.82, 2.24) is 0 Å². The molecule has 0 saturated carbocycles. The standard InChI is InChI=1S/C14H12O2S.2C2H6/c1-9-7-12-11-5-3-4-6-13(11)17(15,16)14(12)8-10(9)2;2*1-2/h3-8H,1-2H3;2*1-2H3. The molecule has 0 saturated heterocycles. The Bertz CT molecular complexity index is 729. The van der Waals surface area contributed by atoms with Crippen LogP contribution < -0.4 is 0 Å². The summed E-state index contributed by atoms with van der Waals surface area (Å²) < 4.78 is 24.7. The fourth-order valence-electron chi connectivity index (χ4n) is 2.26. The minimum absolute atomic E-state index is 0.431. The molecule has 1 aliphatic heterocycles. The summed E-state index contributed by atoms with van der Waals surface area (Å²) in [5, 5.41) is 0. The number of hydrogen-bond donors (Lipinski definition) is 0. The van der Waals surface area contributed by atoms with Crippen LogP contribution in [-0.2, 0) is 9.84 Å². The van der Waals surface area contributed by atoms with Crippen molar-refractivity contribution in [2.75, 3.05) is 0 Å². The van der Waals surface area contributed by atoms with Gasteiger partial charge in [-0.25, -0.2) is 8.42 Å². The quantitative estimate of drug-likeness (QED) is 0.574. The Morgan fingerprint density at radius 1 is 0.714 bits per heavy atom. The minimum Gasteiger partial charge on any atom is -0.218 e. The minimum atomic E-state index is -3.30. The first-order valence-corrected chi connectivity index (χ1v) is 8.96. The Kier molecular flexibility index (Phi) is 5.73. The molecule has 2 nitrogen and oxygen atoms in total. The molecule has 2 aromatic rings. The monoisotopic (exact) mass is 304 g/mol. The van der Waals surface area contributed by atoms with Gasteiger partial charge in [-0.1, -0.05) is 45.9 Å². The van der Waals surface area contributed by atoms with Crippen LogP contribution in [0.4, 0.5) is 0 Å². The summed E-state index contributed by atoms with van der Waals surface area (Å²) in [5.41, 5.74) is 3.80. The van der Waals surface area contributed by atoms with Gasteiger partial charge < -0.3 is 0 Å². The van der Waals surface area contributed by atoms with Gasteiger partial charge in [-0.05, 0) is 43.2 Å². The largest absolute Gasteiger partial charge is 0.218 e. The number of benzene rings is 2. The van der Waals surface area contributed by atoms with Gasteiger partial charge in [-0.3, -0.25) is 0 Å². The van der Waals surface area contributed by atoms with Crippen molar-refractivity contribution in [2.45, 2.75) is 51.3 Å². The lowest BCUT2D eigenvalue weighted by Gasteiger charge is -2.04. The Balaban J connectivity index is 0.000000510. The Morgan fingerprint density at radius 3 is 1.86 bits per heavy atom. The first-order chi connectivity index (χ1) is 10.0. The van der Waals surface area contributed by atoms with Crippen molar-refractivity contribution in [3.63, 3.8) is 0 Å². The van der Waals surface area contributed by atoms with Crippen LogP contribution in [0.2, 0.25) is 0 Å². The van der Waals surface area contributed by atoms with E-state index in [0.717, 1.165) is 22.3 Å². The van der Waals surface area contributed by atoms with E-state index in [1.54, 1.807) is 18.2 Å². The molecule has 1 heterocycles. The zero-order chi connectivity index (χ0) is 16.2. The molecule has 0 aliphatic carbocycles. The summed E-state index contributed by atoms with van der Waals surface area (Å²) in [7, 11) is -3.30. The van der Waals surface area contributed by atoms with Crippen LogP contribution in [0.1, 0.15) is 38.8 Å². The summed E-state index contributed by atoms with van der Waals surface area (Å²) >= 11 is 0. The molecule has 0 fully saturated rings. The fraction of sp³-hybridized carbons (Fsp3) is 0.333. The van der Waals surface area contributed by atoms with Gasteiger partial charge in [0.2, 0.25) is 9.84 Å². The molecule has 0 bridgehead atoms. The molecule has 0 amide bonds. The molecule has 21 heavy (non-hydrogen) atoms. The van der Waals surface area contributed by atoms with E-state index in [4.69, 9.17) is 0 Å². The van der Waals surface area contributed by atoms with Crippen molar-refractivity contribution in [1.29, 1.82) is 0 Å². The predicted molar refractivity (Wildman–Crippen MR) is 89.5 cm³/mol. The third-order valence-corrected chi connectivity index (χ3v) is 5.20. The normalized spacial score (nSPS) is 13.0. The molecule has 2 aromatic carbocycles. The average molecular weight is 304 g/mol. The van der Waals surface area contributed by atoms with E-state index < -0.39 is 9.84 Å². The Hall–Kier alpha value is -1.61. The molecular formula is C18H24O2S. The maximum Gasteiger partial charge on any atom is 0.207 e. The van der Waals surface area contributed by atoms with Crippen LogP contribution in [0.15, 0.2) is 46.2 Å². The maximum absolute atomic E-state index is 12.3. The van der Waals surface area contributed by atoms with Crippen molar-refractivity contribution < 1.29 is 8.42 Å². The molecule has 0 aromatic heterocycles. The van der Waals surface area contributed by atoms with Crippen LogP contribution in [0, 0.1) is 13.8 Å². The second-order valence-corrected chi connectivity index (χ2v) is 6.32. The highest BCUT2D eigenvalue weighted by Crippen LogP contribution is 2.43. The molecular weight excluding hydrogens is 280 g/mol. The van der Waals surface area contributed by atoms with Gasteiger partial charge in [0, 0.05) is 11.1 Å². The predicted octanol–water partition coefficient (Wildman–Crippen LogP) is 5.17. The number of fused-ring (bicyclic) bond motifs is 3. The van der Waals surface area contributed by atoms with Crippen LogP contribution in [0.3, 0.4) is 0 Å². The van der Waals surface area contributed by atoms with Gasteiger partial charge in [0.15, 0.2) is 0 Å². The molecule has 3 rings (SSSR count). The lowest BCUT2D eigenvalue weighted by Crippen LogP contribution is -1.97. The second kappa shape index (κ2) is 6.90. The molecule has 0 atom stereocenters. The van der Waals surface area contributed by atoms with E-state index in [1.165, 1.54) is 0 Å². The van der Waals surface area contributed by atoms with Gasteiger partial charge in [0.05, 0.1) is 9.79 Å². The number of rotatable bonds is 0. The zero-order valence-electron chi connectivity index (χ0n) is 13.7. The highest BCUT2D eigenvalue weighted by molar-refractivity contribution is 7.92. The lowest BCUT2D eigenvalue weighted by molar-refractivity contribution is 0.598. The molecule has 114 valence electrons. The third kappa shape index (κ3) is 2.88. The number of hydrogen-bond acceptors (Lipinski definition) is 2. The summed E-state index contributed by atoms with van der Waals surface area (Å²) in [4.78, 5) is 0.877. The van der Waals surface area contributed by atoms with Crippen molar-refractivity contribution in [3.8, 4) is 11.1 Å². The zero-order valence-corrected chi connectivity index (χ0v) is 14.5. The molecule has 0 radical (unpaired) electrons. The molecule has 1 aliphatic rings. The lowest BCUT2D eigenvalue weighted by atomic mass is 10.0. The molecule has 0 unspecified atom stereocenters. The van der Waals surface area contributed by atoms with Gasteiger partial charge in [0.25, 0.3) is 0 Å². The third-order valence-electron chi connectivity index (χ3n) is 3.35. The van der Waals surface area contributed by atoms with Crippen molar-refractivity contribution >= 4 is 9.84 Å². The van der Waals surface area contributed by atoms with Crippen LogP contribution >= 0.6 is 0 Å². The summed E-state index contributed by atoms with van der Waals surface area (Å²) in [6.07, 6.45) is 0. The van der Waals surface area contributed by atoms with E-state index in [1.807, 2.05) is 59.7 Å². The average Bonchev–Trinajstić information content (AvgIpc) is 2.73.